The first-order valence-corrected chi connectivity index (χ1v) is 8.11. The minimum atomic E-state index is -3.61. The van der Waals surface area contributed by atoms with Crippen LogP contribution in [0.15, 0.2) is 23.1 Å². The van der Waals surface area contributed by atoms with Crippen LogP contribution in [0.25, 0.3) is 0 Å². The number of benzene rings is 1. The van der Waals surface area contributed by atoms with E-state index in [4.69, 9.17) is 4.74 Å². The molecule has 1 aliphatic rings. The highest BCUT2D eigenvalue weighted by atomic mass is 32.2. The van der Waals surface area contributed by atoms with Crippen molar-refractivity contribution in [1.29, 1.82) is 0 Å². The summed E-state index contributed by atoms with van der Waals surface area (Å²) in [5.41, 5.74) is -0.224. The third-order valence-corrected chi connectivity index (χ3v) is 5.15. The summed E-state index contributed by atoms with van der Waals surface area (Å²) in [6.07, 6.45) is 1.91. The maximum absolute atomic E-state index is 12.2. The molecule has 0 amide bonds. The number of ether oxygens (including phenoxy) is 1. The van der Waals surface area contributed by atoms with E-state index in [1.54, 1.807) is 33.1 Å². The van der Waals surface area contributed by atoms with Crippen molar-refractivity contribution in [3.8, 4) is 5.75 Å². The predicted octanol–water partition coefficient (Wildman–Crippen LogP) is 1.44. The fourth-order valence-corrected chi connectivity index (χ4v) is 3.42. The second kappa shape index (κ2) is 5.35. The van der Waals surface area contributed by atoms with Gasteiger partial charge in [-0.25, -0.2) is 13.1 Å². The van der Waals surface area contributed by atoms with Crippen LogP contribution in [0.2, 0.25) is 0 Å². The van der Waals surface area contributed by atoms with Crippen LogP contribution in [-0.2, 0) is 10.0 Å². The average Bonchev–Trinajstić information content (AvgIpc) is 3.21. The van der Waals surface area contributed by atoms with Crippen LogP contribution in [0.3, 0.4) is 0 Å². The van der Waals surface area contributed by atoms with Crippen LogP contribution >= 0.6 is 0 Å². The lowest BCUT2D eigenvalue weighted by Gasteiger charge is -2.23. The SMILES string of the molecule is COc1ccc(S(=O)(=O)NC[C@@](C)(O)C2CC2)cc1C. The summed E-state index contributed by atoms with van der Waals surface area (Å²) in [5.74, 6) is 0.844. The first-order valence-electron chi connectivity index (χ1n) is 6.63. The number of rotatable bonds is 6. The van der Waals surface area contributed by atoms with E-state index in [1.165, 1.54) is 6.07 Å². The highest BCUT2D eigenvalue weighted by Gasteiger charge is 2.40. The molecule has 2 rings (SSSR count). The van der Waals surface area contributed by atoms with Crippen molar-refractivity contribution in [3.05, 3.63) is 23.8 Å². The lowest BCUT2D eigenvalue weighted by Crippen LogP contribution is -2.42. The van der Waals surface area contributed by atoms with E-state index in [-0.39, 0.29) is 17.4 Å². The van der Waals surface area contributed by atoms with Crippen molar-refractivity contribution in [2.45, 2.75) is 37.2 Å². The quantitative estimate of drug-likeness (QED) is 0.833. The molecule has 112 valence electrons. The summed E-state index contributed by atoms with van der Waals surface area (Å²) in [6, 6.07) is 4.69. The highest BCUT2D eigenvalue weighted by molar-refractivity contribution is 7.89. The van der Waals surface area contributed by atoms with Gasteiger partial charge in [-0.2, -0.15) is 0 Å². The number of aryl methyl sites for hydroxylation is 1. The van der Waals surface area contributed by atoms with E-state index in [0.29, 0.717) is 5.75 Å². The summed E-state index contributed by atoms with van der Waals surface area (Å²) in [6.45, 7) is 3.50. The van der Waals surface area contributed by atoms with Gasteiger partial charge >= 0.3 is 0 Å². The Hall–Kier alpha value is -1.11. The number of sulfonamides is 1. The Morgan fingerprint density at radius 2 is 2.10 bits per heavy atom. The zero-order valence-corrected chi connectivity index (χ0v) is 12.8. The van der Waals surface area contributed by atoms with Crippen LogP contribution in [0.4, 0.5) is 0 Å². The molecule has 1 aromatic rings. The molecule has 1 aliphatic carbocycles. The summed E-state index contributed by atoms with van der Waals surface area (Å²) >= 11 is 0. The molecule has 5 nitrogen and oxygen atoms in total. The minimum absolute atomic E-state index is 0.0328. The van der Waals surface area contributed by atoms with E-state index in [9.17, 15) is 13.5 Å². The largest absolute Gasteiger partial charge is 0.496 e. The van der Waals surface area contributed by atoms with Crippen molar-refractivity contribution < 1.29 is 18.3 Å². The third-order valence-electron chi connectivity index (χ3n) is 3.75. The van der Waals surface area contributed by atoms with Gasteiger partial charge in [0, 0.05) is 6.54 Å². The Morgan fingerprint density at radius 3 is 2.60 bits per heavy atom. The van der Waals surface area contributed by atoms with Crippen molar-refractivity contribution in [2.75, 3.05) is 13.7 Å². The molecule has 20 heavy (non-hydrogen) atoms. The average molecular weight is 299 g/mol. The lowest BCUT2D eigenvalue weighted by molar-refractivity contribution is 0.0422. The van der Waals surface area contributed by atoms with Gasteiger partial charge in [-0.1, -0.05) is 0 Å². The monoisotopic (exact) mass is 299 g/mol. The van der Waals surface area contributed by atoms with Crippen LogP contribution in [0.1, 0.15) is 25.3 Å². The first kappa shape index (κ1) is 15.3. The summed E-state index contributed by atoms with van der Waals surface area (Å²) in [7, 11) is -2.07. The fraction of sp³-hybridized carbons (Fsp3) is 0.571. The lowest BCUT2D eigenvalue weighted by atomic mass is 10.0. The summed E-state index contributed by atoms with van der Waals surface area (Å²) in [5, 5.41) is 10.2. The Bertz CT molecular complexity index is 591. The molecule has 0 bridgehead atoms. The van der Waals surface area contributed by atoms with Crippen LogP contribution in [0.5, 0.6) is 5.75 Å². The van der Waals surface area contributed by atoms with Gasteiger partial charge < -0.3 is 9.84 Å². The predicted molar refractivity (Wildman–Crippen MR) is 76.3 cm³/mol. The molecule has 2 N–H and O–H groups in total. The molecule has 1 aromatic carbocycles. The number of hydrogen-bond donors (Lipinski definition) is 2. The molecular formula is C14H21NO4S. The topological polar surface area (TPSA) is 75.6 Å². The van der Waals surface area contributed by atoms with E-state index in [0.717, 1.165) is 18.4 Å². The van der Waals surface area contributed by atoms with E-state index >= 15 is 0 Å². The molecule has 1 fully saturated rings. The number of methoxy groups -OCH3 is 1. The molecule has 0 radical (unpaired) electrons. The number of nitrogens with one attached hydrogen (secondary N) is 1. The van der Waals surface area contributed by atoms with Gasteiger partial charge in [-0.05, 0) is 56.4 Å². The molecule has 1 saturated carbocycles. The van der Waals surface area contributed by atoms with Gasteiger partial charge in [-0.3, -0.25) is 0 Å². The fourth-order valence-electron chi connectivity index (χ4n) is 2.19. The van der Waals surface area contributed by atoms with Crippen LogP contribution < -0.4 is 9.46 Å². The van der Waals surface area contributed by atoms with Gasteiger partial charge in [0.1, 0.15) is 5.75 Å². The van der Waals surface area contributed by atoms with Gasteiger partial charge in [0.05, 0.1) is 17.6 Å². The summed E-state index contributed by atoms with van der Waals surface area (Å²) < 4.78 is 32.0. The molecule has 0 heterocycles. The van der Waals surface area contributed by atoms with Crippen molar-refractivity contribution in [1.82, 2.24) is 4.72 Å². The number of aliphatic hydroxyl groups is 1. The van der Waals surface area contributed by atoms with Crippen molar-refractivity contribution in [2.24, 2.45) is 5.92 Å². The second-order valence-corrected chi connectivity index (χ2v) is 7.35. The van der Waals surface area contributed by atoms with Gasteiger partial charge in [0.2, 0.25) is 10.0 Å². The zero-order chi connectivity index (χ0) is 15.0. The normalized spacial score (nSPS) is 18.6. The Balaban J connectivity index is 2.12. The van der Waals surface area contributed by atoms with Gasteiger partial charge in [0.15, 0.2) is 0 Å². The molecular weight excluding hydrogens is 278 g/mol. The molecule has 0 unspecified atom stereocenters. The Labute approximate surface area is 120 Å². The van der Waals surface area contributed by atoms with Crippen molar-refractivity contribution >= 4 is 10.0 Å². The van der Waals surface area contributed by atoms with Gasteiger partial charge in [-0.15, -0.1) is 0 Å². The molecule has 0 saturated heterocycles. The minimum Gasteiger partial charge on any atom is -0.496 e. The smallest absolute Gasteiger partial charge is 0.240 e. The zero-order valence-electron chi connectivity index (χ0n) is 12.0. The molecule has 6 heteroatoms. The maximum atomic E-state index is 12.2. The molecule has 1 atom stereocenters. The molecule has 0 aliphatic heterocycles. The maximum Gasteiger partial charge on any atom is 0.240 e. The third kappa shape index (κ3) is 3.31. The Morgan fingerprint density at radius 1 is 1.45 bits per heavy atom. The standard InChI is InChI=1S/C14H21NO4S/c1-10-8-12(6-7-13(10)19-3)20(17,18)15-9-14(2,16)11-4-5-11/h6-8,11,15-16H,4-5,9H2,1-3H3/t14-/m1/s1. The number of hydrogen-bond acceptors (Lipinski definition) is 4. The Kier molecular flexibility index (Phi) is 4.09. The first-order chi connectivity index (χ1) is 9.26. The van der Waals surface area contributed by atoms with Crippen LogP contribution in [-0.4, -0.2) is 32.8 Å². The van der Waals surface area contributed by atoms with Gasteiger partial charge in [0.25, 0.3) is 0 Å². The van der Waals surface area contributed by atoms with E-state index in [1.807, 2.05) is 0 Å². The molecule has 0 spiro atoms. The summed E-state index contributed by atoms with van der Waals surface area (Å²) in [4.78, 5) is 0.183. The molecule has 0 aromatic heterocycles. The van der Waals surface area contributed by atoms with Crippen LogP contribution in [0, 0.1) is 12.8 Å². The van der Waals surface area contributed by atoms with E-state index in [2.05, 4.69) is 4.72 Å². The highest BCUT2D eigenvalue weighted by Crippen LogP contribution is 2.39. The van der Waals surface area contributed by atoms with Crippen molar-refractivity contribution in [3.63, 3.8) is 0 Å². The van der Waals surface area contributed by atoms with E-state index < -0.39 is 15.6 Å². The second-order valence-electron chi connectivity index (χ2n) is 5.59.